The molecule has 0 radical (unpaired) electrons. The van der Waals surface area contributed by atoms with Crippen molar-refractivity contribution in [1.29, 1.82) is 0 Å². The zero-order chi connectivity index (χ0) is 19.3. The number of halogens is 4. The van der Waals surface area contributed by atoms with Crippen molar-refractivity contribution in [2.24, 2.45) is 5.16 Å². The highest BCUT2D eigenvalue weighted by molar-refractivity contribution is 6.01. The van der Waals surface area contributed by atoms with Crippen LogP contribution in [0.5, 0.6) is 0 Å². The fraction of sp³-hybridized carbons (Fsp3) is 0.389. The Labute approximate surface area is 144 Å². The summed E-state index contributed by atoms with van der Waals surface area (Å²) < 4.78 is 63.5. The van der Waals surface area contributed by atoms with Crippen molar-refractivity contribution in [3.05, 3.63) is 59.7 Å². The van der Waals surface area contributed by atoms with Gasteiger partial charge in [-0.15, -0.1) is 0 Å². The summed E-state index contributed by atoms with van der Waals surface area (Å²) in [5, 5.41) is 3.43. The fourth-order valence-electron chi connectivity index (χ4n) is 2.52. The Morgan fingerprint density at radius 2 is 1.96 bits per heavy atom. The van der Waals surface area contributed by atoms with E-state index >= 15 is 8.78 Å². The van der Waals surface area contributed by atoms with E-state index in [2.05, 4.69) is 11.7 Å². The van der Waals surface area contributed by atoms with E-state index in [1.807, 2.05) is 0 Å². The second kappa shape index (κ2) is 8.29. The molecular formula is C18H21F4NO2. The van der Waals surface area contributed by atoms with Crippen LogP contribution in [0.25, 0.3) is 0 Å². The summed E-state index contributed by atoms with van der Waals surface area (Å²) in [6.45, 7) is 7.98. The van der Waals surface area contributed by atoms with Crippen LogP contribution >= 0.6 is 0 Å². The van der Waals surface area contributed by atoms with Crippen molar-refractivity contribution in [2.45, 2.75) is 32.3 Å². The number of ether oxygens (including phenoxy) is 1. The Bertz CT molecular complexity index is 686. The first-order valence-electron chi connectivity index (χ1n) is 7.56. The van der Waals surface area contributed by atoms with E-state index in [4.69, 9.17) is 9.57 Å². The molecule has 1 aromatic carbocycles. The molecule has 0 aliphatic rings. The lowest BCUT2D eigenvalue weighted by Crippen LogP contribution is -2.53. The van der Waals surface area contributed by atoms with Gasteiger partial charge in [-0.1, -0.05) is 17.8 Å². The minimum atomic E-state index is -3.85. The first kappa shape index (κ1) is 20.9. The first-order chi connectivity index (χ1) is 11.7. The molecule has 0 spiro atoms. The Hall–Kier alpha value is -2.15. The highest BCUT2D eigenvalue weighted by Gasteiger charge is 2.60. The van der Waals surface area contributed by atoms with E-state index < -0.39 is 34.4 Å². The minimum Gasteiger partial charge on any atom is -0.396 e. The van der Waals surface area contributed by atoms with Crippen molar-refractivity contribution in [3.8, 4) is 0 Å². The Balaban J connectivity index is 3.75. The average Bonchev–Trinajstić information content (AvgIpc) is 2.53. The molecule has 0 saturated carbocycles. The van der Waals surface area contributed by atoms with Crippen LogP contribution < -0.4 is 0 Å². The monoisotopic (exact) mass is 359 g/mol. The van der Waals surface area contributed by atoms with Gasteiger partial charge < -0.3 is 9.57 Å². The lowest BCUT2D eigenvalue weighted by molar-refractivity contribution is -0.141. The summed E-state index contributed by atoms with van der Waals surface area (Å²) in [4.78, 5) is 4.76. The molecule has 1 unspecified atom stereocenters. The van der Waals surface area contributed by atoms with E-state index in [9.17, 15) is 8.78 Å². The molecule has 0 bridgehead atoms. The van der Waals surface area contributed by atoms with E-state index in [1.165, 1.54) is 19.9 Å². The zero-order valence-electron chi connectivity index (χ0n) is 14.6. The molecule has 1 atom stereocenters. The molecule has 138 valence electrons. The van der Waals surface area contributed by atoms with Gasteiger partial charge in [-0.05, 0) is 44.6 Å². The van der Waals surface area contributed by atoms with E-state index in [0.717, 1.165) is 25.3 Å². The normalized spacial score (nSPS) is 15.3. The molecule has 0 aromatic heterocycles. The van der Waals surface area contributed by atoms with Gasteiger partial charge in [0.2, 0.25) is 0 Å². The molecule has 0 aliphatic heterocycles. The molecule has 0 N–H and O–H groups in total. The third-order valence-electron chi connectivity index (χ3n) is 3.60. The summed E-state index contributed by atoms with van der Waals surface area (Å²) >= 11 is 0. The molecule has 0 saturated heterocycles. The van der Waals surface area contributed by atoms with Gasteiger partial charge in [0.1, 0.15) is 18.2 Å². The van der Waals surface area contributed by atoms with Crippen molar-refractivity contribution in [3.63, 3.8) is 0 Å². The van der Waals surface area contributed by atoms with Gasteiger partial charge in [-0.25, -0.2) is 8.78 Å². The molecular weight excluding hydrogens is 338 g/mol. The number of allylic oxidation sites excluding steroid dienone is 2. The maximum atomic E-state index is 15.4. The van der Waals surface area contributed by atoms with Crippen LogP contribution in [-0.2, 0) is 15.2 Å². The van der Waals surface area contributed by atoms with Gasteiger partial charge in [-0.3, -0.25) is 0 Å². The smallest absolute Gasteiger partial charge is 0.329 e. The van der Waals surface area contributed by atoms with Crippen molar-refractivity contribution < 1.29 is 27.1 Å². The van der Waals surface area contributed by atoms with Gasteiger partial charge in [0.25, 0.3) is 0 Å². The van der Waals surface area contributed by atoms with Gasteiger partial charge >= 0.3 is 5.92 Å². The fourth-order valence-corrected chi connectivity index (χ4v) is 2.52. The molecule has 1 rings (SSSR count). The lowest BCUT2D eigenvalue weighted by atomic mass is 9.79. The number of alkyl halides is 2. The summed E-state index contributed by atoms with van der Waals surface area (Å²) in [6, 6.07) is 2.29. The quantitative estimate of drug-likeness (QED) is 0.283. The molecule has 25 heavy (non-hydrogen) atoms. The van der Waals surface area contributed by atoms with Gasteiger partial charge in [0.15, 0.2) is 11.3 Å². The van der Waals surface area contributed by atoms with Crippen LogP contribution in [0.4, 0.5) is 17.6 Å². The minimum absolute atomic E-state index is 0.0646. The van der Waals surface area contributed by atoms with Crippen LogP contribution in [0.15, 0.2) is 47.7 Å². The second-order valence-corrected chi connectivity index (χ2v) is 5.26. The Morgan fingerprint density at radius 3 is 2.40 bits per heavy atom. The highest BCUT2D eigenvalue weighted by atomic mass is 19.3. The second-order valence-electron chi connectivity index (χ2n) is 5.26. The number of rotatable bonds is 8. The third kappa shape index (κ3) is 3.76. The highest BCUT2D eigenvalue weighted by Crippen LogP contribution is 2.47. The molecule has 3 nitrogen and oxygen atoms in total. The first-order valence-corrected chi connectivity index (χ1v) is 7.56. The third-order valence-corrected chi connectivity index (χ3v) is 3.60. The number of nitrogens with zero attached hydrogens (tertiary/aromatic N) is 1. The zero-order valence-corrected chi connectivity index (χ0v) is 14.6. The molecule has 0 amide bonds. The van der Waals surface area contributed by atoms with E-state index in [-0.39, 0.29) is 12.2 Å². The number of oxime groups is 1. The SMILES string of the molecule is C=C(C)C(OC)(c1ccc(F)cc1F)C(F)(F)C(/C=C\C)=N/OCC. The molecule has 1 aromatic rings. The van der Waals surface area contributed by atoms with Crippen LogP contribution in [-0.4, -0.2) is 25.4 Å². The topological polar surface area (TPSA) is 30.8 Å². The van der Waals surface area contributed by atoms with Crippen LogP contribution in [0.1, 0.15) is 26.3 Å². The predicted molar refractivity (Wildman–Crippen MR) is 88.7 cm³/mol. The Morgan fingerprint density at radius 1 is 1.32 bits per heavy atom. The average molecular weight is 359 g/mol. The number of methoxy groups -OCH3 is 1. The van der Waals surface area contributed by atoms with E-state index in [1.54, 1.807) is 6.92 Å². The standard InChI is InChI=1S/C18H21F4NO2/c1-6-8-16(23-25-7-2)18(21,22)17(24-5,12(3)4)14-10-9-13(19)11-15(14)20/h6,8-11H,3,7H2,1-2,4-5H3/b8-6-,23-16+. The summed E-state index contributed by atoms with van der Waals surface area (Å²) in [7, 11) is 0.999. The molecule has 0 heterocycles. The number of benzene rings is 1. The van der Waals surface area contributed by atoms with Gasteiger partial charge in [0, 0.05) is 18.7 Å². The van der Waals surface area contributed by atoms with Crippen molar-refractivity contribution >= 4 is 5.71 Å². The van der Waals surface area contributed by atoms with Crippen molar-refractivity contribution in [2.75, 3.05) is 13.7 Å². The number of hydrogen-bond acceptors (Lipinski definition) is 3. The summed E-state index contributed by atoms with van der Waals surface area (Å²) in [5.41, 5.74) is -4.10. The maximum Gasteiger partial charge on any atom is 0.329 e. The largest absolute Gasteiger partial charge is 0.396 e. The summed E-state index contributed by atoms with van der Waals surface area (Å²) in [5.74, 6) is -5.93. The van der Waals surface area contributed by atoms with Gasteiger partial charge in [-0.2, -0.15) is 8.78 Å². The Kier molecular flexibility index (Phi) is 6.93. The maximum absolute atomic E-state index is 15.4. The number of hydrogen-bond donors (Lipinski definition) is 0. The van der Waals surface area contributed by atoms with Crippen LogP contribution in [0.3, 0.4) is 0 Å². The lowest BCUT2D eigenvalue weighted by Gasteiger charge is -2.40. The molecule has 0 aliphatic carbocycles. The van der Waals surface area contributed by atoms with Crippen molar-refractivity contribution in [1.82, 2.24) is 0 Å². The van der Waals surface area contributed by atoms with E-state index in [0.29, 0.717) is 6.07 Å². The van der Waals surface area contributed by atoms with Gasteiger partial charge in [0.05, 0.1) is 0 Å². The molecule has 0 fully saturated rings. The van der Waals surface area contributed by atoms with Crippen LogP contribution in [0.2, 0.25) is 0 Å². The molecule has 7 heteroatoms. The summed E-state index contributed by atoms with van der Waals surface area (Å²) in [6.07, 6.45) is 2.37. The predicted octanol–water partition coefficient (Wildman–Crippen LogP) is 4.99. The van der Waals surface area contributed by atoms with Crippen LogP contribution in [0, 0.1) is 11.6 Å².